The number of carbonyl (C=O) groups is 2. The van der Waals surface area contributed by atoms with Crippen LogP contribution in [0.1, 0.15) is 53.4 Å². The van der Waals surface area contributed by atoms with Crippen molar-refractivity contribution in [3.8, 4) is 17.2 Å². The Morgan fingerprint density at radius 1 is 1.12 bits per heavy atom. The second-order valence-corrected chi connectivity index (χ2v) is 9.86. The molecule has 6 nitrogen and oxygen atoms in total. The third-order valence-electron chi connectivity index (χ3n) is 6.23. The Morgan fingerprint density at radius 3 is 2.36 bits per heavy atom. The average Bonchev–Trinajstić information content (AvgIpc) is 3.15. The monoisotopic (exact) mass is 467 g/mol. The first-order valence-corrected chi connectivity index (χ1v) is 12.0. The number of carbonyl (C=O) groups excluding carboxylic acids is 1. The molecule has 1 N–H and O–H groups in total. The van der Waals surface area contributed by atoms with Crippen LogP contribution in [0.5, 0.6) is 17.2 Å². The number of rotatable bonds is 6. The summed E-state index contributed by atoms with van der Waals surface area (Å²) >= 11 is 1.20. The van der Waals surface area contributed by atoms with Crippen LogP contribution in [0.2, 0.25) is 0 Å². The number of methoxy groups -OCH3 is 1. The van der Waals surface area contributed by atoms with E-state index in [4.69, 9.17) is 9.47 Å². The molecule has 1 fully saturated rings. The van der Waals surface area contributed by atoms with Crippen molar-refractivity contribution in [1.82, 2.24) is 4.90 Å². The van der Waals surface area contributed by atoms with Crippen LogP contribution in [0, 0.1) is 12.8 Å². The second-order valence-electron chi connectivity index (χ2n) is 8.81. The predicted octanol–water partition coefficient (Wildman–Crippen LogP) is 6.07. The fourth-order valence-electron chi connectivity index (χ4n) is 4.39. The SMILES string of the molecule is COc1cc2c(Oc3ccc(C4CCN(C(=O)C(C)C)CC4)cc3)c(C(=O)O)sc2cc1C. The zero-order valence-electron chi connectivity index (χ0n) is 19.4. The molecule has 1 aromatic heterocycles. The third-order valence-corrected chi connectivity index (χ3v) is 7.35. The van der Waals surface area contributed by atoms with Gasteiger partial charge in [-0.05, 0) is 61.1 Å². The fraction of sp³-hybridized carbons (Fsp3) is 0.385. The highest BCUT2D eigenvalue weighted by molar-refractivity contribution is 7.21. The molecule has 0 unspecified atom stereocenters. The normalized spacial score (nSPS) is 14.6. The summed E-state index contributed by atoms with van der Waals surface area (Å²) < 4.78 is 12.4. The lowest BCUT2D eigenvalue weighted by atomic mass is 9.89. The first-order valence-electron chi connectivity index (χ1n) is 11.2. The van der Waals surface area contributed by atoms with Crippen LogP contribution in [-0.4, -0.2) is 42.1 Å². The number of ether oxygens (including phenoxy) is 2. The molecule has 2 aromatic carbocycles. The van der Waals surface area contributed by atoms with E-state index < -0.39 is 5.97 Å². The van der Waals surface area contributed by atoms with E-state index in [9.17, 15) is 14.7 Å². The lowest BCUT2D eigenvalue weighted by Gasteiger charge is -2.33. The number of thiophene rings is 1. The Kier molecular flexibility index (Phi) is 6.61. The number of aromatic carboxylic acids is 1. The molecule has 2 heterocycles. The summed E-state index contributed by atoms with van der Waals surface area (Å²) in [6.45, 7) is 7.38. The number of carboxylic acids is 1. The van der Waals surface area contributed by atoms with Crippen LogP contribution in [0.15, 0.2) is 36.4 Å². The van der Waals surface area contributed by atoms with Crippen molar-refractivity contribution in [3.05, 3.63) is 52.4 Å². The van der Waals surface area contributed by atoms with Crippen LogP contribution in [-0.2, 0) is 4.79 Å². The van der Waals surface area contributed by atoms with Gasteiger partial charge in [0.1, 0.15) is 11.5 Å². The van der Waals surface area contributed by atoms with E-state index >= 15 is 0 Å². The molecule has 1 aliphatic rings. The second kappa shape index (κ2) is 9.43. The number of fused-ring (bicyclic) bond motifs is 1. The highest BCUT2D eigenvalue weighted by atomic mass is 32.1. The van der Waals surface area contributed by atoms with Crippen LogP contribution in [0.3, 0.4) is 0 Å². The van der Waals surface area contributed by atoms with Crippen molar-refractivity contribution < 1.29 is 24.2 Å². The van der Waals surface area contributed by atoms with Gasteiger partial charge in [-0.25, -0.2) is 4.79 Å². The smallest absolute Gasteiger partial charge is 0.349 e. The molecule has 7 heteroatoms. The number of aryl methyl sites for hydroxylation is 1. The minimum atomic E-state index is -1.01. The van der Waals surface area contributed by atoms with Crippen molar-refractivity contribution in [2.24, 2.45) is 5.92 Å². The van der Waals surface area contributed by atoms with Crippen molar-refractivity contribution in [2.75, 3.05) is 20.2 Å². The molecule has 1 aliphatic heterocycles. The minimum absolute atomic E-state index is 0.0331. The van der Waals surface area contributed by atoms with Gasteiger partial charge in [0, 0.05) is 29.1 Å². The number of hydrogen-bond donors (Lipinski definition) is 1. The summed E-state index contributed by atoms with van der Waals surface area (Å²) in [5, 5.41) is 10.4. The Morgan fingerprint density at radius 2 is 1.79 bits per heavy atom. The minimum Gasteiger partial charge on any atom is -0.496 e. The van der Waals surface area contributed by atoms with Gasteiger partial charge in [-0.15, -0.1) is 11.3 Å². The molecule has 0 saturated carbocycles. The molecule has 3 aromatic rings. The molecule has 1 saturated heterocycles. The average molecular weight is 468 g/mol. The molecule has 0 radical (unpaired) electrons. The van der Waals surface area contributed by atoms with Crippen LogP contribution in [0.25, 0.3) is 10.1 Å². The van der Waals surface area contributed by atoms with Gasteiger partial charge < -0.3 is 19.5 Å². The summed E-state index contributed by atoms with van der Waals surface area (Å²) in [6.07, 6.45) is 1.88. The summed E-state index contributed by atoms with van der Waals surface area (Å²) in [4.78, 5) is 26.2. The van der Waals surface area contributed by atoms with E-state index in [1.54, 1.807) is 7.11 Å². The van der Waals surface area contributed by atoms with E-state index in [0.717, 1.165) is 41.6 Å². The molecule has 0 atom stereocenters. The van der Waals surface area contributed by atoms with Crippen molar-refractivity contribution in [1.29, 1.82) is 0 Å². The highest BCUT2D eigenvalue weighted by Crippen LogP contribution is 2.43. The Balaban J connectivity index is 1.53. The van der Waals surface area contributed by atoms with Gasteiger partial charge in [0.05, 0.1) is 7.11 Å². The fourth-order valence-corrected chi connectivity index (χ4v) is 5.44. The zero-order valence-corrected chi connectivity index (χ0v) is 20.2. The molecular formula is C26H29NO5S. The van der Waals surface area contributed by atoms with Gasteiger partial charge in [-0.3, -0.25) is 4.79 Å². The van der Waals surface area contributed by atoms with Gasteiger partial charge in [0.15, 0.2) is 10.6 Å². The number of benzene rings is 2. The standard InChI is InChI=1S/C26H29NO5S/c1-15(2)25(28)27-11-9-18(10-12-27)17-5-7-19(8-6-17)32-23-20-14-21(31-4)16(3)13-22(20)33-24(23)26(29)30/h5-8,13-15,18H,9-12H2,1-4H3,(H,29,30). The Hall–Kier alpha value is -3.06. The predicted molar refractivity (Wildman–Crippen MR) is 130 cm³/mol. The largest absolute Gasteiger partial charge is 0.496 e. The molecule has 0 aliphatic carbocycles. The third kappa shape index (κ3) is 4.69. The number of nitrogens with zero attached hydrogens (tertiary/aromatic N) is 1. The molecule has 174 valence electrons. The van der Waals surface area contributed by atoms with Gasteiger partial charge in [0.25, 0.3) is 0 Å². The highest BCUT2D eigenvalue weighted by Gasteiger charge is 2.25. The van der Waals surface area contributed by atoms with E-state index in [2.05, 4.69) is 0 Å². The van der Waals surface area contributed by atoms with E-state index in [-0.39, 0.29) is 16.7 Å². The Labute approximate surface area is 197 Å². The number of carboxylic acid groups (broad SMARTS) is 1. The van der Waals surface area contributed by atoms with Crippen LogP contribution in [0.4, 0.5) is 0 Å². The summed E-state index contributed by atoms with van der Waals surface area (Å²) in [5.74, 6) is 1.27. The maximum Gasteiger partial charge on any atom is 0.349 e. The van der Waals surface area contributed by atoms with Gasteiger partial charge in [-0.1, -0.05) is 26.0 Å². The molecule has 0 bridgehead atoms. The number of likely N-dealkylation sites (tertiary alicyclic amines) is 1. The van der Waals surface area contributed by atoms with Gasteiger partial charge in [0.2, 0.25) is 5.91 Å². The maximum atomic E-state index is 12.2. The topological polar surface area (TPSA) is 76.1 Å². The van der Waals surface area contributed by atoms with Crippen molar-refractivity contribution in [3.63, 3.8) is 0 Å². The summed E-state index contributed by atoms with van der Waals surface area (Å²) in [5.41, 5.74) is 2.16. The zero-order chi connectivity index (χ0) is 23.7. The molecular weight excluding hydrogens is 438 g/mol. The van der Waals surface area contributed by atoms with E-state index in [0.29, 0.717) is 23.2 Å². The van der Waals surface area contributed by atoms with Crippen molar-refractivity contribution in [2.45, 2.75) is 39.5 Å². The van der Waals surface area contributed by atoms with Gasteiger partial charge in [-0.2, -0.15) is 0 Å². The number of piperidine rings is 1. The van der Waals surface area contributed by atoms with Crippen LogP contribution < -0.4 is 9.47 Å². The lowest BCUT2D eigenvalue weighted by Crippen LogP contribution is -2.40. The van der Waals surface area contributed by atoms with E-state index in [1.165, 1.54) is 16.9 Å². The van der Waals surface area contributed by atoms with Crippen molar-refractivity contribution >= 4 is 33.3 Å². The van der Waals surface area contributed by atoms with Gasteiger partial charge >= 0.3 is 5.97 Å². The first kappa shape index (κ1) is 23.1. The Bertz CT molecular complexity index is 1170. The lowest BCUT2D eigenvalue weighted by molar-refractivity contribution is -0.135. The number of hydrogen-bond acceptors (Lipinski definition) is 5. The van der Waals surface area contributed by atoms with Crippen LogP contribution >= 0.6 is 11.3 Å². The molecule has 33 heavy (non-hydrogen) atoms. The number of amides is 1. The molecule has 0 spiro atoms. The maximum absolute atomic E-state index is 12.2. The summed E-state index contributed by atoms with van der Waals surface area (Å²) in [6, 6.07) is 11.6. The molecule has 1 amide bonds. The summed E-state index contributed by atoms with van der Waals surface area (Å²) in [7, 11) is 1.60. The molecule has 4 rings (SSSR count). The van der Waals surface area contributed by atoms with E-state index in [1.807, 2.05) is 62.1 Å². The quantitative estimate of drug-likeness (QED) is 0.476. The first-order chi connectivity index (χ1) is 15.8.